The quantitative estimate of drug-likeness (QED) is 0.248. The van der Waals surface area contributed by atoms with Crippen molar-refractivity contribution in [1.82, 2.24) is 0 Å². The molecule has 0 spiro atoms. The molecule has 2 amide bonds. The van der Waals surface area contributed by atoms with E-state index in [0.29, 0.717) is 16.4 Å². The molecule has 2 aromatic carbocycles. The number of carbonyl (C=O) groups excluding carboxylic acids is 3. The summed E-state index contributed by atoms with van der Waals surface area (Å²) in [6, 6.07) is 5.38. The van der Waals surface area contributed by atoms with Crippen molar-refractivity contribution in [1.29, 1.82) is 0 Å². The van der Waals surface area contributed by atoms with Crippen molar-refractivity contribution in [2.45, 2.75) is 36.8 Å². The maximum Gasteiger partial charge on any atom is 0.319 e. The molecule has 0 saturated heterocycles. The summed E-state index contributed by atoms with van der Waals surface area (Å²) in [7, 11) is 0. The van der Waals surface area contributed by atoms with E-state index in [2.05, 4.69) is 0 Å². The number of benzene rings is 2. The topological polar surface area (TPSA) is 63.7 Å². The summed E-state index contributed by atoms with van der Waals surface area (Å²) in [4.78, 5) is 38.3. The zero-order chi connectivity index (χ0) is 22.0. The molecule has 0 N–H and O–H groups in total. The van der Waals surface area contributed by atoms with E-state index in [1.165, 1.54) is 12.1 Å². The second-order valence-electron chi connectivity index (χ2n) is 6.65. The van der Waals surface area contributed by atoms with Gasteiger partial charge in [0.15, 0.2) is 0 Å². The fourth-order valence-electron chi connectivity index (χ4n) is 2.88. The fourth-order valence-corrected chi connectivity index (χ4v) is 4.07. The minimum Gasteiger partial charge on any atom is -0.465 e. The predicted molar refractivity (Wildman–Crippen MR) is 110 cm³/mol. The Labute approximate surface area is 181 Å². The van der Waals surface area contributed by atoms with Crippen LogP contribution in [0.2, 0.25) is 5.02 Å². The number of rotatable bonds is 7. The van der Waals surface area contributed by atoms with Crippen LogP contribution in [0, 0.1) is 11.6 Å². The van der Waals surface area contributed by atoms with Gasteiger partial charge in [-0.3, -0.25) is 14.4 Å². The van der Waals surface area contributed by atoms with Crippen LogP contribution < -0.4 is 4.90 Å². The van der Waals surface area contributed by atoms with Crippen LogP contribution in [0.15, 0.2) is 35.2 Å². The molecule has 9 heteroatoms. The van der Waals surface area contributed by atoms with Crippen molar-refractivity contribution in [2.24, 2.45) is 0 Å². The number of unbranched alkanes of at least 4 members (excludes halogenated alkanes) is 1. The van der Waals surface area contributed by atoms with Crippen LogP contribution in [-0.2, 0) is 9.53 Å². The standard InChI is InChI=1S/C21H18ClF2NO4S/c1-3-4-7-29-21(28)11(2)30-18-10-17(16(24)9-15(18)22)25-19(26)13-6-5-12(23)8-14(13)20(25)27/h5-6,8-11H,3-4,7H2,1-2H3. The zero-order valence-corrected chi connectivity index (χ0v) is 17.8. The van der Waals surface area contributed by atoms with Gasteiger partial charge in [-0.2, -0.15) is 0 Å². The monoisotopic (exact) mass is 453 g/mol. The van der Waals surface area contributed by atoms with E-state index < -0.39 is 34.7 Å². The van der Waals surface area contributed by atoms with Gasteiger partial charge in [-0.25, -0.2) is 13.7 Å². The Balaban J connectivity index is 1.88. The summed E-state index contributed by atoms with van der Waals surface area (Å²) in [6.07, 6.45) is 1.62. The first-order valence-electron chi connectivity index (χ1n) is 9.25. The smallest absolute Gasteiger partial charge is 0.319 e. The van der Waals surface area contributed by atoms with E-state index in [-0.39, 0.29) is 21.8 Å². The summed E-state index contributed by atoms with van der Waals surface area (Å²) in [6.45, 7) is 3.89. The van der Waals surface area contributed by atoms with E-state index >= 15 is 0 Å². The van der Waals surface area contributed by atoms with Crippen molar-refractivity contribution < 1.29 is 27.9 Å². The minimum atomic E-state index is -0.891. The molecule has 1 atom stereocenters. The number of nitrogens with zero attached hydrogens (tertiary/aromatic N) is 1. The number of fused-ring (bicyclic) bond motifs is 1. The second-order valence-corrected chi connectivity index (χ2v) is 8.44. The number of amides is 2. The van der Waals surface area contributed by atoms with Crippen LogP contribution in [0.5, 0.6) is 0 Å². The molecule has 3 rings (SSSR count). The average molecular weight is 454 g/mol. The highest BCUT2D eigenvalue weighted by Crippen LogP contribution is 2.38. The molecule has 30 heavy (non-hydrogen) atoms. The summed E-state index contributed by atoms with van der Waals surface area (Å²) in [5, 5.41) is -0.619. The summed E-state index contributed by atoms with van der Waals surface area (Å²) in [5.74, 6) is -3.62. The highest BCUT2D eigenvalue weighted by atomic mass is 35.5. The third-order valence-electron chi connectivity index (χ3n) is 4.47. The number of hydrogen-bond acceptors (Lipinski definition) is 5. The molecule has 1 heterocycles. The zero-order valence-electron chi connectivity index (χ0n) is 16.2. The third kappa shape index (κ3) is 4.34. The van der Waals surface area contributed by atoms with Crippen LogP contribution in [0.1, 0.15) is 47.4 Å². The van der Waals surface area contributed by atoms with E-state index in [9.17, 15) is 23.2 Å². The lowest BCUT2D eigenvalue weighted by Crippen LogP contribution is -2.30. The van der Waals surface area contributed by atoms with Gasteiger partial charge >= 0.3 is 5.97 Å². The maximum absolute atomic E-state index is 14.6. The van der Waals surface area contributed by atoms with Crippen LogP contribution in [0.4, 0.5) is 14.5 Å². The first kappa shape index (κ1) is 22.2. The van der Waals surface area contributed by atoms with Crippen LogP contribution in [-0.4, -0.2) is 29.6 Å². The van der Waals surface area contributed by atoms with Gasteiger partial charge in [-0.1, -0.05) is 24.9 Å². The SMILES string of the molecule is CCCCOC(=O)C(C)Sc1cc(N2C(=O)c3ccc(F)cc3C2=O)c(F)cc1Cl. The number of halogens is 3. The van der Waals surface area contributed by atoms with Crippen LogP contribution >= 0.6 is 23.4 Å². The van der Waals surface area contributed by atoms with E-state index in [4.69, 9.17) is 16.3 Å². The molecule has 1 aliphatic rings. The Morgan fingerprint density at radius 3 is 2.57 bits per heavy atom. The van der Waals surface area contributed by atoms with Crippen molar-refractivity contribution in [2.75, 3.05) is 11.5 Å². The number of carbonyl (C=O) groups is 3. The number of ether oxygens (including phenoxy) is 1. The molecular formula is C21H18ClF2NO4S. The Morgan fingerprint density at radius 2 is 1.87 bits per heavy atom. The van der Waals surface area contributed by atoms with E-state index in [1.54, 1.807) is 6.92 Å². The Kier molecular flexibility index (Phi) is 6.77. The Morgan fingerprint density at radius 1 is 1.17 bits per heavy atom. The van der Waals surface area contributed by atoms with Gasteiger partial charge in [0, 0.05) is 4.90 Å². The van der Waals surface area contributed by atoms with Gasteiger partial charge in [0.05, 0.1) is 28.4 Å². The largest absolute Gasteiger partial charge is 0.465 e. The number of imide groups is 1. The number of thioether (sulfide) groups is 1. The second kappa shape index (κ2) is 9.14. The molecule has 0 bridgehead atoms. The van der Waals surface area contributed by atoms with E-state index in [0.717, 1.165) is 42.8 Å². The lowest BCUT2D eigenvalue weighted by Gasteiger charge is -2.18. The Bertz CT molecular complexity index is 1030. The van der Waals surface area contributed by atoms with Gasteiger partial charge in [-0.05, 0) is 43.7 Å². The van der Waals surface area contributed by atoms with Gasteiger partial charge in [0.1, 0.15) is 16.9 Å². The van der Waals surface area contributed by atoms with Crippen molar-refractivity contribution >= 4 is 46.8 Å². The number of esters is 1. The van der Waals surface area contributed by atoms with Gasteiger partial charge in [0.2, 0.25) is 0 Å². The van der Waals surface area contributed by atoms with Crippen LogP contribution in [0.3, 0.4) is 0 Å². The number of hydrogen-bond donors (Lipinski definition) is 0. The predicted octanol–water partition coefficient (Wildman–Crippen LogP) is 5.24. The minimum absolute atomic E-state index is 0.0159. The normalized spacial score (nSPS) is 14.1. The Hall–Kier alpha value is -2.45. The highest BCUT2D eigenvalue weighted by molar-refractivity contribution is 8.00. The molecule has 0 aromatic heterocycles. The van der Waals surface area contributed by atoms with Crippen LogP contribution in [0.25, 0.3) is 0 Å². The molecule has 0 aliphatic carbocycles. The molecular weight excluding hydrogens is 436 g/mol. The molecule has 2 aromatic rings. The fraction of sp³-hybridized carbons (Fsp3) is 0.286. The summed E-state index contributed by atoms with van der Waals surface area (Å²) < 4.78 is 33.3. The molecule has 1 unspecified atom stereocenters. The molecule has 158 valence electrons. The van der Waals surface area contributed by atoms with Gasteiger partial charge in [-0.15, -0.1) is 11.8 Å². The van der Waals surface area contributed by atoms with Crippen molar-refractivity contribution in [3.8, 4) is 0 Å². The highest BCUT2D eigenvalue weighted by Gasteiger charge is 2.38. The molecule has 1 aliphatic heterocycles. The first-order valence-corrected chi connectivity index (χ1v) is 10.5. The van der Waals surface area contributed by atoms with E-state index in [1.807, 2.05) is 6.92 Å². The van der Waals surface area contributed by atoms with Gasteiger partial charge < -0.3 is 4.74 Å². The maximum atomic E-state index is 14.6. The summed E-state index contributed by atoms with van der Waals surface area (Å²) in [5.41, 5.74) is -0.477. The molecule has 0 fully saturated rings. The number of anilines is 1. The molecule has 5 nitrogen and oxygen atoms in total. The average Bonchev–Trinajstić information content (AvgIpc) is 2.94. The van der Waals surface area contributed by atoms with Crippen molar-refractivity contribution in [3.05, 3.63) is 58.1 Å². The lowest BCUT2D eigenvalue weighted by atomic mass is 10.1. The first-order chi connectivity index (χ1) is 14.2. The van der Waals surface area contributed by atoms with Crippen molar-refractivity contribution in [3.63, 3.8) is 0 Å². The molecule has 0 radical (unpaired) electrons. The molecule has 0 saturated carbocycles. The lowest BCUT2D eigenvalue weighted by molar-refractivity contribution is -0.142. The summed E-state index contributed by atoms with van der Waals surface area (Å²) >= 11 is 7.14. The third-order valence-corrected chi connectivity index (χ3v) is 6.03. The van der Waals surface area contributed by atoms with Gasteiger partial charge in [0.25, 0.3) is 11.8 Å².